The highest BCUT2D eigenvalue weighted by molar-refractivity contribution is 7.90. The fourth-order valence-corrected chi connectivity index (χ4v) is 4.18. The van der Waals surface area contributed by atoms with Crippen molar-refractivity contribution >= 4 is 27.4 Å². The normalized spacial score (nSPS) is 11.3. The molecule has 180 valence electrons. The second-order valence-electron chi connectivity index (χ2n) is 7.46. The van der Waals surface area contributed by atoms with E-state index in [-0.39, 0.29) is 34.3 Å². The van der Waals surface area contributed by atoms with E-state index in [4.69, 9.17) is 10.5 Å². The third-order valence-electron chi connectivity index (χ3n) is 5.03. The summed E-state index contributed by atoms with van der Waals surface area (Å²) in [7, 11) is -3.38. The lowest BCUT2D eigenvalue weighted by atomic mass is 10.0. The molecule has 4 N–H and O–H groups in total. The predicted octanol–water partition coefficient (Wildman–Crippen LogP) is 3.58. The average molecular weight is 497 g/mol. The smallest absolute Gasteiger partial charge is 0.254 e. The highest BCUT2D eigenvalue weighted by Gasteiger charge is 2.22. The Morgan fingerprint density at radius 3 is 2.60 bits per heavy atom. The molecule has 0 atom stereocenters. The number of rotatable bonds is 9. The number of nitrogens with one attached hydrogen (secondary N) is 2. The van der Waals surface area contributed by atoms with Gasteiger partial charge in [-0.15, -0.1) is 0 Å². The number of ether oxygens (including phenoxy) is 1. The highest BCUT2D eigenvalue weighted by atomic mass is 32.2. The van der Waals surface area contributed by atoms with Crippen LogP contribution in [0, 0.1) is 5.82 Å². The Hall–Kier alpha value is -4.32. The molecule has 0 fully saturated rings. The van der Waals surface area contributed by atoms with Gasteiger partial charge < -0.3 is 15.8 Å². The Bertz CT molecular complexity index is 1460. The second-order valence-corrected chi connectivity index (χ2v) is 9.81. The van der Waals surface area contributed by atoms with Crippen LogP contribution in [0.4, 0.5) is 16.0 Å². The third-order valence-corrected chi connectivity index (χ3v) is 6.67. The van der Waals surface area contributed by atoms with Gasteiger partial charge >= 0.3 is 0 Å². The maximum absolute atomic E-state index is 13.3. The summed E-state index contributed by atoms with van der Waals surface area (Å²) >= 11 is 0. The molecule has 0 aliphatic carbocycles. The summed E-state index contributed by atoms with van der Waals surface area (Å²) in [5.74, 6) is -0.464. The summed E-state index contributed by atoms with van der Waals surface area (Å²) in [6.45, 7) is 1.56. The van der Waals surface area contributed by atoms with Gasteiger partial charge in [0.1, 0.15) is 28.7 Å². The minimum Gasteiger partial charge on any atom is -0.457 e. The monoisotopic (exact) mass is 496 g/mol. The molecule has 1 amide bonds. The molecule has 2 aromatic heterocycles. The topological polar surface area (TPSA) is 153 Å². The van der Waals surface area contributed by atoms with Crippen LogP contribution in [-0.2, 0) is 15.6 Å². The maximum atomic E-state index is 13.3. The molecular formula is C23H21FN6O4S. The fourth-order valence-electron chi connectivity index (χ4n) is 3.26. The Labute approximate surface area is 200 Å². The number of H-pyrrole nitrogens is 1. The molecule has 0 radical (unpaired) electrons. The van der Waals surface area contributed by atoms with Crippen LogP contribution in [0.1, 0.15) is 22.8 Å². The number of primary amides is 1. The van der Waals surface area contributed by atoms with Gasteiger partial charge in [0.25, 0.3) is 5.91 Å². The van der Waals surface area contributed by atoms with Crippen molar-refractivity contribution in [2.24, 2.45) is 5.73 Å². The SMILES string of the molecule is CCS(=O)(=O)Cc1ccc(-c2[nH]nc(Nc3cnccn3)c2C(N)=O)cc1Oc1ccc(F)cc1. The lowest BCUT2D eigenvalue weighted by Gasteiger charge is -2.13. The first-order chi connectivity index (χ1) is 16.8. The van der Waals surface area contributed by atoms with Crippen molar-refractivity contribution in [3.05, 3.63) is 78.0 Å². The molecule has 0 saturated heterocycles. The fraction of sp³-hybridized carbons (Fsp3) is 0.130. The van der Waals surface area contributed by atoms with Crippen LogP contribution in [-0.4, -0.2) is 40.2 Å². The quantitative estimate of drug-likeness (QED) is 0.318. The summed E-state index contributed by atoms with van der Waals surface area (Å²) < 4.78 is 43.8. The van der Waals surface area contributed by atoms with Crippen LogP contribution in [0.5, 0.6) is 11.5 Å². The minimum atomic E-state index is -3.38. The van der Waals surface area contributed by atoms with E-state index < -0.39 is 21.6 Å². The minimum absolute atomic E-state index is 0.0471. The van der Waals surface area contributed by atoms with Crippen molar-refractivity contribution < 1.29 is 22.3 Å². The Balaban J connectivity index is 1.77. The molecule has 35 heavy (non-hydrogen) atoms. The molecular weight excluding hydrogens is 475 g/mol. The number of hydrogen-bond acceptors (Lipinski definition) is 8. The van der Waals surface area contributed by atoms with E-state index in [0.717, 1.165) is 0 Å². The molecule has 0 aliphatic heterocycles. The predicted molar refractivity (Wildman–Crippen MR) is 127 cm³/mol. The Morgan fingerprint density at radius 2 is 1.94 bits per heavy atom. The molecule has 10 nitrogen and oxygen atoms in total. The number of aromatic nitrogens is 4. The number of halogens is 1. The number of carbonyl (C=O) groups is 1. The van der Waals surface area contributed by atoms with E-state index in [1.54, 1.807) is 25.1 Å². The standard InChI is InChI=1S/C23H21FN6O4S/c1-2-35(32,33)13-15-4-3-14(11-18(15)34-17-7-5-16(24)6-8-17)21-20(22(25)31)23(30-29-21)28-19-12-26-9-10-27-19/h3-12H,2,13H2,1H3,(H2,25,31)(H2,27,28,29,30). The number of nitrogens with zero attached hydrogens (tertiary/aromatic N) is 3. The number of anilines is 2. The molecule has 0 spiro atoms. The van der Waals surface area contributed by atoms with Crippen LogP contribution in [0.2, 0.25) is 0 Å². The van der Waals surface area contributed by atoms with Crippen molar-refractivity contribution in [3.8, 4) is 22.8 Å². The first-order valence-electron chi connectivity index (χ1n) is 10.4. The first kappa shape index (κ1) is 23.8. The summed E-state index contributed by atoms with van der Waals surface area (Å²) in [4.78, 5) is 20.4. The zero-order valence-corrected chi connectivity index (χ0v) is 19.3. The van der Waals surface area contributed by atoms with Crippen molar-refractivity contribution in [1.82, 2.24) is 20.2 Å². The first-order valence-corrected chi connectivity index (χ1v) is 12.3. The van der Waals surface area contributed by atoms with Gasteiger partial charge in [-0.2, -0.15) is 5.10 Å². The second kappa shape index (κ2) is 9.89. The molecule has 0 aliphatic rings. The number of amides is 1. The van der Waals surface area contributed by atoms with E-state index in [1.807, 2.05) is 0 Å². The van der Waals surface area contributed by atoms with E-state index in [2.05, 4.69) is 25.5 Å². The summed E-state index contributed by atoms with van der Waals surface area (Å²) in [6.07, 6.45) is 4.43. The van der Waals surface area contributed by atoms with E-state index >= 15 is 0 Å². The van der Waals surface area contributed by atoms with E-state index in [9.17, 15) is 17.6 Å². The largest absolute Gasteiger partial charge is 0.457 e. The lowest BCUT2D eigenvalue weighted by Crippen LogP contribution is -2.13. The summed E-state index contributed by atoms with van der Waals surface area (Å²) in [5, 5.41) is 9.82. The van der Waals surface area contributed by atoms with Crippen molar-refractivity contribution in [1.29, 1.82) is 0 Å². The molecule has 12 heteroatoms. The zero-order valence-electron chi connectivity index (χ0n) is 18.5. The number of hydrogen-bond donors (Lipinski definition) is 3. The van der Waals surface area contributed by atoms with Gasteiger partial charge in [-0.3, -0.25) is 14.9 Å². The van der Waals surface area contributed by atoms with Crippen LogP contribution in [0.15, 0.2) is 61.1 Å². The van der Waals surface area contributed by atoms with Gasteiger partial charge in [0.2, 0.25) is 0 Å². The molecule has 0 saturated carbocycles. The maximum Gasteiger partial charge on any atom is 0.254 e. The van der Waals surface area contributed by atoms with Crippen LogP contribution in [0.25, 0.3) is 11.3 Å². The Morgan fingerprint density at radius 1 is 1.17 bits per heavy atom. The Kier molecular flexibility index (Phi) is 6.73. The number of aromatic amines is 1. The number of sulfone groups is 1. The van der Waals surface area contributed by atoms with Crippen molar-refractivity contribution in [2.45, 2.75) is 12.7 Å². The number of benzene rings is 2. The zero-order chi connectivity index (χ0) is 25.0. The number of carbonyl (C=O) groups excluding carboxylic acids is 1. The third kappa shape index (κ3) is 5.61. The van der Waals surface area contributed by atoms with Crippen LogP contribution >= 0.6 is 0 Å². The lowest BCUT2D eigenvalue weighted by molar-refractivity contribution is 0.100. The summed E-state index contributed by atoms with van der Waals surface area (Å²) in [5.41, 5.74) is 6.86. The molecule has 2 heterocycles. The van der Waals surface area contributed by atoms with Gasteiger partial charge in [0, 0.05) is 29.3 Å². The van der Waals surface area contributed by atoms with E-state index in [0.29, 0.717) is 22.7 Å². The van der Waals surface area contributed by atoms with Crippen LogP contribution < -0.4 is 15.8 Å². The van der Waals surface area contributed by atoms with E-state index in [1.165, 1.54) is 42.9 Å². The van der Waals surface area contributed by atoms with Gasteiger partial charge in [-0.1, -0.05) is 19.1 Å². The summed E-state index contributed by atoms with van der Waals surface area (Å²) in [6, 6.07) is 10.1. The molecule has 0 bridgehead atoms. The highest BCUT2D eigenvalue weighted by Crippen LogP contribution is 2.34. The van der Waals surface area contributed by atoms with Crippen LogP contribution in [0.3, 0.4) is 0 Å². The van der Waals surface area contributed by atoms with Gasteiger partial charge in [0.05, 0.1) is 17.6 Å². The van der Waals surface area contributed by atoms with Gasteiger partial charge in [-0.05, 0) is 30.3 Å². The molecule has 0 unspecified atom stereocenters. The van der Waals surface area contributed by atoms with Gasteiger partial charge in [0.15, 0.2) is 15.7 Å². The van der Waals surface area contributed by atoms with Crippen molar-refractivity contribution in [3.63, 3.8) is 0 Å². The van der Waals surface area contributed by atoms with Crippen molar-refractivity contribution in [2.75, 3.05) is 11.1 Å². The van der Waals surface area contributed by atoms with Gasteiger partial charge in [-0.25, -0.2) is 17.8 Å². The average Bonchev–Trinajstić information content (AvgIpc) is 3.26. The molecule has 4 aromatic rings. The molecule has 4 rings (SSSR count). The number of nitrogens with two attached hydrogens (primary N) is 1. The molecule has 2 aromatic carbocycles.